The number of nitrogens with one attached hydrogen (secondary N) is 2. The molecule has 1 heterocycles. The van der Waals surface area contributed by atoms with E-state index in [0.717, 1.165) is 19.5 Å². The third-order valence-electron chi connectivity index (χ3n) is 5.22. The summed E-state index contributed by atoms with van der Waals surface area (Å²) in [4.78, 5) is 20.8. The van der Waals surface area contributed by atoms with Crippen molar-refractivity contribution in [2.45, 2.75) is 45.7 Å². The Morgan fingerprint density at radius 1 is 1.22 bits per heavy atom. The summed E-state index contributed by atoms with van der Waals surface area (Å²) in [6.07, 6.45) is 3.46. The van der Waals surface area contributed by atoms with E-state index in [4.69, 9.17) is 4.99 Å². The molecule has 1 amide bonds. The fourth-order valence-electron chi connectivity index (χ4n) is 3.47. The Labute approximate surface area is 164 Å². The van der Waals surface area contributed by atoms with Gasteiger partial charge in [0.15, 0.2) is 5.96 Å². The maximum absolute atomic E-state index is 12.0. The zero-order valence-corrected chi connectivity index (χ0v) is 17.3. The van der Waals surface area contributed by atoms with Crippen LogP contribution in [0.3, 0.4) is 0 Å². The van der Waals surface area contributed by atoms with E-state index in [1.54, 1.807) is 19.0 Å². The Morgan fingerprint density at radius 3 is 2.63 bits per heavy atom. The molecule has 1 aromatic rings. The van der Waals surface area contributed by atoms with Crippen LogP contribution in [0.25, 0.3) is 0 Å². The average Bonchev–Trinajstić information content (AvgIpc) is 3.14. The Hall–Kier alpha value is -2.08. The Bertz CT molecular complexity index is 629. The number of likely N-dealkylation sites (N-methyl/N-ethyl adjacent to an activating group) is 2. The fourth-order valence-corrected chi connectivity index (χ4v) is 3.47. The van der Waals surface area contributed by atoms with Gasteiger partial charge in [0.1, 0.15) is 0 Å². The summed E-state index contributed by atoms with van der Waals surface area (Å²) in [5, 5.41) is 6.65. The van der Waals surface area contributed by atoms with Gasteiger partial charge in [-0.2, -0.15) is 0 Å². The van der Waals surface area contributed by atoms with Crippen LogP contribution in [0.15, 0.2) is 29.3 Å². The van der Waals surface area contributed by atoms with Gasteiger partial charge in [0, 0.05) is 26.7 Å². The van der Waals surface area contributed by atoms with E-state index in [9.17, 15) is 4.79 Å². The van der Waals surface area contributed by atoms with Crippen LogP contribution in [0.4, 0.5) is 0 Å². The lowest BCUT2D eigenvalue weighted by molar-refractivity contribution is -0.127. The van der Waals surface area contributed by atoms with Gasteiger partial charge in [0.25, 0.3) is 0 Å². The van der Waals surface area contributed by atoms with Gasteiger partial charge in [-0.05, 0) is 43.5 Å². The summed E-state index contributed by atoms with van der Waals surface area (Å²) in [5.41, 5.74) is 2.55. The first-order valence-electron chi connectivity index (χ1n) is 10.1. The zero-order valence-electron chi connectivity index (χ0n) is 17.3. The number of carbonyl (C=O) groups is 1. The third-order valence-corrected chi connectivity index (χ3v) is 5.22. The number of aliphatic imine (C=N–C) groups is 1. The van der Waals surface area contributed by atoms with Gasteiger partial charge in [-0.1, -0.05) is 38.1 Å². The van der Waals surface area contributed by atoms with Gasteiger partial charge in [-0.15, -0.1) is 0 Å². The van der Waals surface area contributed by atoms with Crippen LogP contribution >= 0.6 is 0 Å². The number of aryl methyl sites for hydroxylation is 1. The second-order valence-electron chi connectivity index (χ2n) is 7.23. The number of hydrogen-bond donors (Lipinski definition) is 2. The average molecular weight is 374 g/mol. The van der Waals surface area contributed by atoms with Crippen LogP contribution in [0.2, 0.25) is 0 Å². The van der Waals surface area contributed by atoms with Crippen LogP contribution in [0, 0.1) is 0 Å². The fraction of sp³-hybridized carbons (Fsp3) is 0.619. The molecule has 27 heavy (non-hydrogen) atoms. The minimum absolute atomic E-state index is 0.0366. The molecule has 6 heteroatoms. The first kappa shape index (κ1) is 21.2. The third kappa shape index (κ3) is 6.54. The standard InChI is InChI=1S/C21H35N5O/c1-5-17-10-7-8-11-18(17)14-22-21(24-16-20(27)25(3)4)23-15-19-12-9-13-26(19)6-2/h7-8,10-11,19H,5-6,9,12-16H2,1-4H3,(H2,22,23,24). The maximum atomic E-state index is 12.0. The number of rotatable bonds is 8. The molecule has 0 bridgehead atoms. The summed E-state index contributed by atoms with van der Waals surface area (Å²) in [5.74, 6) is 0.744. The predicted octanol–water partition coefficient (Wildman–Crippen LogP) is 1.86. The number of likely N-dealkylation sites (tertiary alicyclic amines) is 1. The molecular weight excluding hydrogens is 338 g/mol. The number of carbonyl (C=O) groups excluding carboxylic acids is 1. The van der Waals surface area contributed by atoms with E-state index < -0.39 is 0 Å². The highest BCUT2D eigenvalue weighted by Crippen LogP contribution is 2.15. The first-order chi connectivity index (χ1) is 13.0. The molecule has 2 rings (SSSR count). The number of nitrogens with zero attached hydrogens (tertiary/aromatic N) is 3. The molecule has 0 spiro atoms. The lowest BCUT2D eigenvalue weighted by Crippen LogP contribution is -2.47. The van der Waals surface area contributed by atoms with E-state index in [-0.39, 0.29) is 12.5 Å². The van der Waals surface area contributed by atoms with Crippen molar-refractivity contribution in [3.63, 3.8) is 0 Å². The highest BCUT2D eigenvalue weighted by atomic mass is 16.2. The van der Waals surface area contributed by atoms with Gasteiger partial charge < -0.3 is 15.5 Å². The number of guanidine groups is 1. The Balaban J connectivity index is 2.02. The predicted molar refractivity (Wildman–Crippen MR) is 112 cm³/mol. The number of hydrogen-bond acceptors (Lipinski definition) is 3. The zero-order chi connectivity index (χ0) is 19.6. The van der Waals surface area contributed by atoms with Gasteiger partial charge in [-0.3, -0.25) is 9.69 Å². The molecular formula is C21H35N5O. The van der Waals surface area contributed by atoms with E-state index >= 15 is 0 Å². The van der Waals surface area contributed by atoms with Crippen molar-refractivity contribution in [3.05, 3.63) is 35.4 Å². The number of benzene rings is 1. The van der Waals surface area contributed by atoms with E-state index in [2.05, 4.69) is 53.6 Å². The lowest BCUT2D eigenvalue weighted by Gasteiger charge is -2.24. The first-order valence-corrected chi connectivity index (χ1v) is 10.1. The summed E-state index contributed by atoms with van der Waals surface area (Å²) >= 11 is 0. The van der Waals surface area contributed by atoms with Crippen molar-refractivity contribution in [2.24, 2.45) is 4.99 Å². The van der Waals surface area contributed by atoms with Crippen LogP contribution in [0.5, 0.6) is 0 Å². The summed E-state index contributed by atoms with van der Waals surface area (Å²) in [6, 6.07) is 8.94. The van der Waals surface area contributed by atoms with Crippen molar-refractivity contribution in [3.8, 4) is 0 Å². The Kier molecular flexibility index (Phi) is 8.58. The largest absolute Gasteiger partial charge is 0.355 e. The van der Waals surface area contributed by atoms with E-state index in [0.29, 0.717) is 18.5 Å². The van der Waals surface area contributed by atoms with Crippen molar-refractivity contribution < 1.29 is 4.79 Å². The normalized spacial score (nSPS) is 17.8. The van der Waals surface area contributed by atoms with Crippen LogP contribution in [-0.2, 0) is 17.8 Å². The minimum atomic E-state index is 0.0366. The molecule has 150 valence electrons. The molecule has 1 saturated heterocycles. The molecule has 1 fully saturated rings. The molecule has 1 aliphatic heterocycles. The Morgan fingerprint density at radius 2 is 1.96 bits per heavy atom. The highest BCUT2D eigenvalue weighted by molar-refractivity contribution is 5.86. The topological polar surface area (TPSA) is 60.0 Å². The van der Waals surface area contributed by atoms with Crippen LogP contribution in [-0.4, -0.2) is 68.0 Å². The molecule has 2 N–H and O–H groups in total. The van der Waals surface area contributed by atoms with Gasteiger partial charge in [-0.25, -0.2) is 4.99 Å². The summed E-state index contributed by atoms with van der Waals surface area (Å²) in [7, 11) is 3.53. The SMILES string of the molecule is CCc1ccccc1CN=C(NCC(=O)N(C)C)NCC1CCCN1CC. The minimum Gasteiger partial charge on any atom is -0.355 e. The monoisotopic (exact) mass is 373 g/mol. The van der Waals surface area contributed by atoms with E-state index in [1.807, 2.05) is 0 Å². The summed E-state index contributed by atoms with van der Waals surface area (Å²) in [6.45, 7) is 8.33. The van der Waals surface area contributed by atoms with Gasteiger partial charge in [0.2, 0.25) is 5.91 Å². The summed E-state index contributed by atoms with van der Waals surface area (Å²) < 4.78 is 0. The quantitative estimate of drug-likeness (QED) is 0.539. The molecule has 0 radical (unpaired) electrons. The second-order valence-corrected chi connectivity index (χ2v) is 7.23. The molecule has 0 saturated carbocycles. The lowest BCUT2D eigenvalue weighted by atomic mass is 10.1. The number of amides is 1. The molecule has 0 aliphatic carbocycles. The van der Waals surface area contributed by atoms with E-state index in [1.165, 1.54) is 30.5 Å². The van der Waals surface area contributed by atoms with Crippen LogP contribution in [0.1, 0.15) is 37.8 Å². The molecule has 1 atom stereocenters. The van der Waals surface area contributed by atoms with Gasteiger partial charge >= 0.3 is 0 Å². The van der Waals surface area contributed by atoms with Gasteiger partial charge in [0.05, 0.1) is 13.1 Å². The van der Waals surface area contributed by atoms with Crippen LogP contribution < -0.4 is 10.6 Å². The van der Waals surface area contributed by atoms with Crippen molar-refractivity contribution >= 4 is 11.9 Å². The molecule has 1 aliphatic rings. The molecule has 1 unspecified atom stereocenters. The molecule has 0 aromatic heterocycles. The maximum Gasteiger partial charge on any atom is 0.241 e. The molecule has 1 aromatic carbocycles. The second kappa shape index (κ2) is 10.9. The van der Waals surface area contributed by atoms with Crippen molar-refractivity contribution in [2.75, 3.05) is 40.3 Å². The van der Waals surface area contributed by atoms with Crippen molar-refractivity contribution in [1.82, 2.24) is 20.4 Å². The smallest absolute Gasteiger partial charge is 0.241 e. The molecule has 6 nitrogen and oxygen atoms in total. The highest BCUT2D eigenvalue weighted by Gasteiger charge is 2.22. The van der Waals surface area contributed by atoms with Crippen molar-refractivity contribution in [1.29, 1.82) is 0 Å².